The molecule has 0 bridgehead atoms. The second kappa shape index (κ2) is 5.49. The summed E-state index contributed by atoms with van der Waals surface area (Å²) in [7, 11) is 0. The van der Waals surface area contributed by atoms with Gasteiger partial charge in [-0.25, -0.2) is 0 Å². The summed E-state index contributed by atoms with van der Waals surface area (Å²) in [5, 5.41) is 0. The van der Waals surface area contributed by atoms with Crippen LogP contribution in [0.4, 0.5) is 0 Å². The van der Waals surface area contributed by atoms with E-state index in [2.05, 4.69) is 13.8 Å². The van der Waals surface area contributed by atoms with Gasteiger partial charge in [-0.05, 0) is 85.4 Å². The van der Waals surface area contributed by atoms with Gasteiger partial charge in [-0.15, -0.1) is 0 Å². The van der Waals surface area contributed by atoms with Gasteiger partial charge in [-0.3, -0.25) is 4.79 Å². The van der Waals surface area contributed by atoms with Crippen LogP contribution in [0.1, 0.15) is 84.5 Å². The summed E-state index contributed by atoms with van der Waals surface area (Å²) in [4.78, 5) is 11.7. The fourth-order valence-corrected chi connectivity index (χ4v) is 8.05. The Morgan fingerprint density at radius 3 is 2.52 bits per heavy atom. The van der Waals surface area contributed by atoms with E-state index < -0.39 is 0 Å². The Balaban J connectivity index is 1.68. The molecular weight excluding hydrogens is 282 g/mol. The van der Waals surface area contributed by atoms with Gasteiger partial charge in [0.25, 0.3) is 0 Å². The number of hydrogen-bond donors (Lipinski definition) is 1. The molecule has 0 spiro atoms. The van der Waals surface area contributed by atoms with Gasteiger partial charge in [-0.2, -0.15) is 0 Å². The van der Waals surface area contributed by atoms with E-state index in [0.29, 0.717) is 23.2 Å². The average Bonchev–Trinajstić information content (AvgIpc) is 2.88. The molecule has 4 fully saturated rings. The van der Waals surface area contributed by atoms with Crippen molar-refractivity contribution in [2.75, 3.05) is 0 Å². The molecule has 7 atom stereocenters. The first-order valence-corrected chi connectivity index (χ1v) is 10.2. The lowest BCUT2D eigenvalue weighted by molar-refractivity contribution is -0.138. The maximum atomic E-state index is 11.7. The number of hydrogen-bond acceptors (Lipinski definition) is 1. The highest BCUT2D eigenvalue weighted by molar-refractivity contribution is 5.74. The second-order valence-electron chi connectivity index (χ2n) is 9.99. The Hall–Kier alpha value is -0.530. The molecule has 0 radical (unpaired) electrons. The largest absolute Gasteiger partial charge is 0.370 e. The summed E-state index contributed by atoms with van der Waals surface area (Å²) in [6.45, 7) is 5.17. The van der Waals surface area contributed by atoms with Crippen LogP contribution in [0.3, 0.4) is 0 Å². The van der Waals surface area contributed by atoms with E-state index in [-0.39, 0.29) is 5.91 Å². The molecule has 2 N–H and O–H groups in total. The highest BCUT2D eigenvalue weighted by Gasteiger charge is 2.59. The van der Waals surface area contributed by atoms with Crippen LogP contribution >= 0.6 is 0 Å². The molecule has 0 saturated heterocycles. The number of primary amides is 1. The highest BCUT2D eigenvalue weighted by Crippen LogP contribution is 2.67. The number of amides is 1. The molecule has 4 saturated carbocycles. The van der Waals surface area contributed by atoms with Crippen LogP contribution in [0, 0.1) is 40.4 Å². The molecule has 2 nitrogen and oxygen atoms in total. The third kappa shape index (κ3) is 2.38. The highest BCUT2D eigenvalue weighted by atomic mass is 16.1. The van der Waals surface area contributed by atoms with E-state index in [9.17, 15) is 4.79 Å². The molecule has 1 unspecified atom stereocenters. The number of nitrogens with two attached hydrogens (primary N) is 1. The van der Waals surface area contributed by atoms with Gasteiger partial charge < -0.3 is 5.73 Å². The Morgan fingerprint density at radius 1 is 0.957 bits per heavy atom. The molecule has 4 aliphatic rings. The molecule has 23 heavy (non-hydrogen) atoms. The lowest BCUT2D eigenvalue weighted by Gasteiger charge is -2.62. The Morgan fingerprint density at radius 2 is 1.74 bits per heavy atom. The quantitative estimate of drug-likeness (QED) is 0.772. The molecule has 4 aliphatic carbocycles. The minimum absolute atomic E-state index is 0.0635. The monoisotopic (exact) mass is 317 g/mol. The van der Waals surface area contributed by atoms with Crippen molar-refractivity contribution in [2.24, 2.45) is 46.2 Å². The predicted molar refractivity (Wildman–Crippen MR) is 93.6 cm³/mol. The van der Waals surface area contributed by atoms with E-state index in [1.165, 1.54) is 64.2 Å². The fourth-order valence-electron chi connectivity index (χ4n) is 8.05. The SMILES string of the molecule is C[C@@]12CCC[C@H]1[C@@H]1C[C@H](CC(N)=O)C3CCCC[C@]3(C)[C@H]1CC2. The van der Waals surface area contributed by atoms with Crippen LogP contribution in [-0.2, 0) is 4.79 Å². The number of carbonyl (C=O) groups excluding carboxylic acids is 1. The molecule has 0 aromatic rings. The van der Waals surface area contributed by atoms with Crippen LogP contribution in [0.5, 0.6) is 0 Å². The molecule has 0 aromatic heterocycles. The number of rotatable bonds is 2. The van der Waals surface area contributed by atoms with Crippen LogP contribution in [0.15, 0.2) is 0 Å². The smallest absolute Gasteiger partial charge is 0.217 e. The molecule has 1 amide bonds. The van der Waals surface area contributed by atoms with Gasteiger partial charge in [0.2, 0.25) is 5.91 Å². The van der Waals surface area contributed by atoms with Gasteiger partial charge in [0.1, 0.15) is 0 Å². The first-order chi connectivity index (χ1) is 10.9. The zero-order valence-electron chi connectivity index (χ0n) is 15.2. The summed E-state index contributed by atoms with van der Waals surface area (Å²) in [6.07, 6.45) is 14.7. The average molecular weight is 318 g/mol. The van der Waals surface area contributed by atoms with Crippen molar-refractivity contribution in [3.63, 3.8) is 0 Å². The molecule has 0 aliphatic heterocycles. The van der Waals surface area contributed by atoms with Crippen molar-refractivity contribution in [1.82, 2.24) is 0 Å². The topological polar surface area (TPSA) is 43.1 Å². The minimum atomic E-state index is -0.0635. The van der Waals surface area contributed by atoms with Crippen LogP contribution < -0.4 is 5.73 Å². The van der Waals surface area contributed by atoms with Gasteiger partial charge in [-0.1, -0.05) is 33.1 Å². The molecule has 0 heterocycles. The Kier molecular flexibility index (Phi) is 3.81. The molecular formula is C21H35NO. The van der Waals surface area contributed by atoms with Gasteiger partial charge >= 0.3 is 0 Å². The van der Waals surface area contributed by atoms with E-state index in [4.69, 9.17) is 5.73 Å². The minimum Gasteiger partial charge on any atom is -0.370 e. The van der Waals surface area contributed by atoms with Crippen molar-refractivity contribution in [2.45, 2.75) is 84.5 Å². The zero-order valence-corrected chi connectivity index (χ0v) is 15.2. The standard InChI is InChI=1S/C21H35NO/c1-20-9-5-7-17(20)15-12-14(13-19(22)23)16-6-3-4-10-21(16,2)18(15)8-11-20/h14-18H,3-13H2,1-2H3,(H2,22,23)/t14-,15+,16?,17+,18+,20+,21+/m1/s1. The number of carbonyl (C=O) groups is 1. The normalized spacial score (nSPS) is 52.3. The Bertz CT molecular complexity index is 488. The first-order valence-electron chi connectivity index (χ1n) is 10.2. The summed E-state index contributed by atoms with van der Waals surface area (Å²) >= 11 is 0. The van der Waals surface area contributed by atoms with E-state index >= 15 is 0 Å². The summed E-state index contributed by atoms with van der Waals surface area (Å²) in [5.41, 5.74) is 6.75. The number of fused-ring (bicyclic) bond motifs is 5. The van der Waals surface area contributed by atoms with E-state index in [1.54, 1.807) is 0 Å². The maximum absolute atomic E-state index is 11.7. The molecule has 0 aromatic carbocycles. The summed E-state index contributed by atoms with van der Waals surface area (Å²) in [5.74, 6) is 3.99. The van der Waals surface area contributed by atoms with Crippen molar-refractivity contribution in [3.8, 4) is 0 Å². The Labute approximate surface area is 142 Å². The van der Waals surface area contributed by atoms with Gasteiger partial charge in [0.05, 0.1) is 0 Å². The first kappa shape index (κ1) is 16.0. The van der Waals surface area contributed by atoms with Crippen LogP contribution in [0.25, 0.3) is 0 Å². The molecule has 4 rings (SSSR count). The lowest BCUT2D eigenvalue weighted by Crippen LogP contribution is -2.55. The van der Waals surface area contributed by atoms with E-state index in [1.807, 2.05) is 0 Å². The predicted octanol–water partition coefficient (Wildman–Crippen LogP) is 4.91. The maximum Gasteiger partial charge on any atom is 0.217 e. The second-order valence-corrected chi connectivity index (χ2v) is 9.99. The lowest BCUT2D eigenvalue weighted by atomic mass is 9.43. The van der Waals surface area contributed by atoms with Gasteiger partial charge in [0.15, 0.2) is 0 Å². The molecule has 130 valence electrons. The van der Waals surface area contributed by atoms with Crippen molar-refractivity contribution < 1.29 is 4.79 Å². The van der Waals surface area contributed by atoms with Crippen LogP contribution in [0.2, 0.25) is 0 Å². The third-order valence-electron chi connectivity index (χ3n) is 9.00. The van der Waals surface area contributed by atoms with Crippen LogP contribution in [-0.4, -0.2) is 5.91 Å². The van der Waals surface area contributed by atoms with Gasteiger partial charge in [0, 0.05) is 6.42 Å². The van der Waals surface area contributed by atoms with Crippen molar-refractivity contribution in [3.05, 3.63) is 0 Å². The van der Waals surface area contributed by atoms with Crippen molar-refractivity contribution in [1.29, 1.82) is 0 Å². The summed E-state index contributed by atoms with van der Waals surface area (Å²) < 4.78 is 0. The van der Waals surface area contributed by atoms with Crippen molar-refractivity contribution >= 4 is 5.91 Å². The zero-order chi connectivity index (χ0) is 16.2. The third-order valence-corrected chi connectivity index (χ3v) is 9.00. The molecule has 2 heteroatoms. The van der Waals surface area contributed by atoms with E-state index in [0.717, 1.165) is 23.7 Å². The summed E-state index contributed by atoms with van der Waals surface area (Å²) in [6, 6.07) is 0. The fraction of sp³-hybridized carbons (Fsp3) is 0.952.